The first-order valence-corrected chi connectivity index (χ1v) is 8.57. The third-order valence-electron chi connectivity index (χ3n) is 3.56. The number of ether oxygens (including phenoxy) is 1. The van der Waals surface area contributed by atoms with Gasteiger partial charge in [0.1, 0.15) is 5.56 Å². The van der Waals surface area contributed by atoms with Crippen LogP contribution in [0.1, 0.15) is 25.1 Å². The lowest BCUT2D eigenvalue weighted by Crippen LogP contribution is -2.42. The molecular formula is C12H11F8N3O4S. The average Bonchev–Trinajstić information content (AvgIpc) is 2.96. The summed E-state index contributed by atoms with van der Waals surface area (Å²) in [5.74, 6) is -2.26. The van der Waals surface area contributed by atoms with Crippen molar-refractivity contribution in [2.24, 2.45) is 5.16 Å². The minimum atomic E-state index is -6.15. The molecule has 1 aliphatic rings. The lowest BCUT2D eigenvalue weighted by atomic mass is 10.1. The molecule has 7 nitrogen and oxygen atoms in total. The van der Waals surface area contributed by atoms with Crippen molar-refractivity contribution in [2.75, 3.05) is 0 Å². The summed E-state index contributed by atoms with van der Waals surface area (Å²) in [6.07, 6.45) is -8.31. The third-order valence-corrected chi connectivity index (χ3v) is 5.27. The van der Waals surface area contributed by atoms with E-state index in [9.17, 15) is 43.5 Å². The molecule has 0 N–H and O–H groups in total. The Kier molecular flexibility index (Phi) is 5.11. The van der Waals surface area contributed by atoms with E-state index in [4.69, 9.17) is 0 Å². The Morgan fingerprint density at radius 3 is 2.14 bits per heavy atom. The lowest BCUT2D eigenvalue weighted by molar-refractivity contribution is -0.218. The number of alkyl halides is 8. The first kappa shape index (κ1) is 22.2. The van der Waals surface area contributed by atoms with Crippen LogP contribution in [0.2, 0.25) is 0 Å². The number of aromatic nitrogens is 2. The fourth-order valence-corrected chi connectivity index (χ4v) is 3.67. The van der Waals surface area contributed by atoms with Crippen molar-refractivity contribution in [3.8, 4) is 5.88 Å². The lowest BCUT2D eigenvalue weighted by Gasteiger charge is -2.21. The standard InChI is InChI=1S/C12H11F8N3O4S/c1-4-5(8(26-9(14)15)23(21-4)12(18,19)20)11(16,17)28(24,25)7-6(13)10(2,3)27-22-7/h6,9H,1-3H3. The normalized spacial score (nSPS) is 20.3. The van der Waals surface area contributed by atoms with Crippen molar-refractivity contribution in [1.82, 2.24) is 9.78 Å². The largest absolute Gasteiger partial charge is 0.507 e. The first-order chi connectivity index (χ1) is 12.4. The van der Waals surface area contributed by atoms with Crippen LogP contribution in [0.5, 0.6) is 5.88 Å². The Hall–Kier alpha value is -2.13. The van der Waals surface area contributed by atoms with E-state index >= 15 is 0 Å². The van der Waals surface area contributed by atoms with E-state index in [-0.39, 0.29) is 0 Å². The van der Waals surface area contributed by atoms with Crippen molar-refractivity contribution in [1.29, 1.82) is 0 Å². The van der Waals surface area contributed by atoms with Gasteiger partial charge in [0.15, 0.2) is 11.8 Å². The molecule has 0 fully saturated rings. The van der Waals surface area contributed by atoms with Crippen LogP contribution in [-0.2, 0) is 26.2 Å². The zero-order valence-corrected chi connectivity index (χ0v) is 14.9. The molecule has 0 saturated carbocycles. The summed E-state index contributed by atoms with van der Waals surface area (Å²) in [5, 5.41) is -1.82. The second-order valence-corrected chi connectivity index (χ2v) is 7.97. The van der Waals surface area contributed by atoms with Crippen LogP contribution in [0.4, 0.5) is 35.1 Å². The van der Waals surface area contributed by atoms with E-state index in [1.165, 1.54) is 0 Å². The number of sulfone groups is 1. The molecule has 2 heterocycles. The Balaban J connectivity index is 2.71. The molecule has 0 bridgehead atoms. The van der Waals surface area contributed by atoms with Gasteiger partial charge in [0, 0.05) is 0 Å². The van der Waals surface area contributed by atoms with Crippen LogP contribution in [0.25, 0.3) is 0 Å². The molecule has 1 aliphatic heterocycles. The Morgan fingerprint density at radius 2 is 1.75 bits per heavy atom. The number of halogens is 8. The van der Waals surface area contributed by atoms with Gasteiger partial charge in [-0.1, -0.05) is 5.16 Å². The van der Waals surface area contributed by atoms with Crippen molar-refractivity contribution < 1.29 is 53.1 Å². The van der Waals surface area contributed by atoms with Gasteiger partial charge in [0.25, 0.3) is 9.84 Å². The summed E-state index contributed by atoms with van der Waals surface area (Å²) >= 11 is 0. The van der Waals surface area contributed by atoms with Crippen molar-refractivity contribution in [3.63, 3.8) is 0 Å². The maximum Gasteiger partial charge on any atom is 0.507 e. The topological polar surface area (TPSA) is 82.8 Å². The highest BCUT2D eigenvalue weighted by Gasteiger charge is 2.61. The number of hydrogen-bond donors (Lipinski definition) is 0. The number of oxime groups is 1. The van der Waals surface area contributed by atoms with Gasteiger partial charge in [0.05, 0.1) is 5.69 Å². The molecule has 0 spiro atoms. The molecule has 0 aromatic carbocycles. The molecule has 0 radical (unpaired) electrons. The minimum Gasteiger partial charge on any atom is -0.416 e. The summed E-state index contributed by atoms with van der Waals surface area (Å²) in [6, 6.07) is 0. The number of aryl methyl sites for hydroxylation is 1. The Bertz CT molecular complexity index is 907. The van der Waals surface area contributed by atoms with E-state index in [2.05, 4.69) is 19.8 Å². The van der Waals surface area contributed by atoms with Gasteiger partial charge < -0.3 is 9.57 Å². The quantitative estimate of drug-likeness (QED) is 0.665. The van der Waals surface area contributed by atoms with Crippen LogP contribution in [-0.4, -0.2) is 41.6 Å². The van der Waals surface area contributed by atoms with Gasteiger partial charge in [-0.3, -0.25) is 0 Å². The van der Waals surface area contributed by atoms with Gasteiger partial charge in [-0.15, -0.1) is 17.9 Å². The molecular weight excluding hydrogens is 434 g/mol. The summed E-state index contributed by atoms with van der Waals surface area (Å²) in [7, 11) is -6.15. The minimum absolute atomic E-state index is 0.503. The Morgan fingerprint density at radius 1 is 1.21 bits per heavy atom. The summed E-state index contributed by atoms with van der Waals surface area (Å²) in [6.45, 7) is -1.59. The van der Waals surface area contributed by atoms with Crippen molar-refractivity contribution in [2.45, 2.75) is 50.7 Å². The number of hydrogen-bond acceptors (Lipinski definition) is 6. The van der Waals surface area contributed by atoms with E-state index in [1.54, 1.807) is 0 Å². The van der Waals surface area contributed by atoms with Crippen molar-refractivity contribution >= 4 is 14.9 Å². The molecule has 1 unspecified atom stereocenters. The van der Waals surface area contributed by atoms with Gasteiger partial charge in [-0.25, -0.2) is 12.8 Å². The SMILES string of the molecule is Cc1nn(C(F)(F)F)c(OC(F)F)c1C(F)(F)S(=O)(=O)C1=NOC(C)(C)C1F. The third kappa shape index (κ3) is 3.37. The number of rotatable bonds is 4. The fraction of sp³-hybridized carbons (Fsp3) is 0.667. The molecule has 1 aromatic heterocycles. The zero-order valence-electron chi connectivity index (χ0n) is 14.1. The highest BCUT2D eigenvalue weighted by atomic mass is 32.2. The molecule has 28 heavy (non-hydrogen) atoms. The van der Waals surface area contributed by atoms with Crippen LogP contribution >= 0.6 is 0 Å². The smallest absolute Gasteiger partial charge is 0.416 e. The summed E-state index contributed by atoms with van der Waals surface area (Å²) in [5.41, 5.74) is -5.40. The molecule has 0 saturated heterocycles. The van der Waals surface area contributed by atoms with Crippen LogP contribution < -0.4 is 4.74 Å². The second kappa shape index (κ2) is 6.45. The monoisotopic (exact) mass is 445 g/mol. The predicted octanol–water partition coefficient (Wildman–Crippen LogP) is 3.19. The van der Waals surface area contributed by atoms with Crippen molar-refractivity contribution in [3.05, 3.63) is 11.3 Å². The highest BCUT2D eigenvalue weighted by molar-refractivity contribution is 8.07. The molecule has 160 valence electrons. The average molecular weight is 445 g/mol. The summed E-state index contributed by atoms with van der Waals surface area (Å²) < 4.78 is 134. The molecule has 16 heteroatoms. The molecule has 1 aromatic rings. The fourth-order valence-electron chi connectivity index (χ4n) is 2.21. The molecule has 1 atom stereocenters. The maximum atomic E-state index is 14.7. The molecule has 0 amide bonds. The van der Waals surface area contributed by atoms with Crippen LogP contribution in [0.15, 0.2) is 5.16 Å². The van der Waals surface area contributed by atoms with Crippen LogP contribution in [0, 0.1) is 6.92 Å². The van der Waals surface area contributed by atoms with Crippen LogP contribution in [0.3, 0.4) is 0 Å². The van der Waals surface area contributed by atoms with E-state index in [0.717, 1.165) is 13.8 Å². The zero-order chi connectivity index (χ0) is 21.9. The molecule has 2 rings (SSSR count). The van der Waals surface area contributed by atoms with E-state index in [0.29, 0.717) is 6.92 Å². The highest BCUT2D eigenvalue weighted by Crippen LogP contribution is 2.46. The predicted molar refractivity (Wildman–Crippen MR) is 75.2 cm³/mol. The van der Waals surface area contributed by atoms with E-state index in [1.807, 2.05) is 0 Å². The Labute approximate surface area is 151 Å². The van der Waals surface area contributed by atoms with Gasteiger partial charge in [-0.05, 0) is 20.8 Å². The second-order valence-electron chi connectivity index (χ2n) is 6.03. The number of nitrogens with zero attached hydrogens (tertiary/aromatic N) is 3. The molecule has 0 aliphatic carbocycles. The maximum absolute atomic E-state index is 14.7. The first-order valence-electron chi connectivity index (χ1n) is 7.09. The summed E-state index contributed by atoms with van der Waals surface area (Å²) in [4.78, 5) is 4.42. The van der Waals surface area contributed by atoms with Gasteiger partial charge in [-0.2, -0.15) is 22.7 Å². The van der Waals surface area contributed by atoms with E-state index < -0.39 is 66.6 Å². The van der Waals surface area contributed by atoms with Gasteiger partial charge in [0.2, 0.25) is 10.9 Å². The van der Waals surface area contributed by atoms with Gasteiger partial charge >= 0.3 is 18.2 Å².